The van der Waals surface area contributed by atoms with Gasteiger partial charge in [-0.1, -0.05) is 12.1 Å². The first-order valence-electron chi connectivity index (χ1n) is 8.69. The van der Waals surface area contributed by atoms with E-state index in [1.807, 2.05) is 24.3 Å². The Bertz CT molecular complexity index is 870. The summed E-state index contributed by atoms with van der Waals surface area (Å²) in [5.74, 6) is 1.22. The summed E-state index contributed by atoms with van der Waals surface area (Å²) in [6.07, 6.45) is 3.07. The summed E-state index contributed by atoms with van der Waals surface area (Å²) in [6, 6.07) is 8.98. The minimum absolute atomic E-state index is 0.0577. The molecule has 0 N–H and O–H groups in total. The molecule has 0 radical (unpaired) electrons. The summed E-state index contributed by atoms with van der Waals surface area (Å²) in [5, 5.41) is 4.29. The molecule has 1 aromatic heterocycles. The Labute approximate surface area is 146 Å². The minimum atomic E-state index is -0.152. The van der Waals surface area contributed by atoms with E-state index >= 15 is 0 Å². The predicted molar refractivity (Wildman–Crippen MR) is 92.6 cm³/mol. The van der Waals surface area contributed by atoms with Crippen LogP contribution < -0.4 is 10.3 Å². The van der Waals surface area contributed by atoms with Gasteiger partial charge in [-0.15, -0.1) is 0 Å². The third-order valence-corrected chi connectivity index (χ3v) is 4.81. The number of aryl methyl sites for hydroxylation is 1. The Kier molecular flexibility index (Phi) is 4.03. The summed E-state index contributed by atoms with van der Waals surface area (Å²) in [4.78, 5) is 26.6. The van der Waals surface area contributed by atoms with Crippen LogP contribution in [0.1, 0.15) is 34.5 Å². The van der Waals surface area contributed by atoms with E-state index in [0.717, 1.165) is 11.3 Å². The number of para-hydroxylation sites is 1. The maximum Gasteiger partial charge on any atom is 0.266 e. The number of carbonyl (C=O) groups is 1. The van der Waals surface area contributed by atoms with Crippen LogP contribution in [0.4, 0.5) is 0 Å². The minimum Gasteiger partial charge on any atom is -0.492 e. The molecular weight excluding hydrogens is 318 g/mol. The van der Waals surface area contributed by atoms with E-state index in [0.29, 0.717) is 43.3 Å². The molecule has 0 atom stereocenters. The number of aromatic nitrogens is 2. The number of ether oxygens (including phenoxy) is 1. The van der Waals surface area contributed by atoms with Crippen molar-refractivity contribution in [1.29, 1.82) is 0 Å². The third kappa shape index (κ3) is 3.29. The molecule has 25 heavy (non-hydrogen) atoms. The third-order valence-electron chi connectivity index (χ3n) is 4.81. The van der Waals surface area contributed by atoms with Crippen molar-refractivity contribution >= 4 is 5.91 Å². The average molecular weight is 339 g/mol. The lowest BCUT2D eigenvalue weighted by atomic mass is 10.0. The molecule has 1 amide bonds. The molecule has 6 heteroatoms. The number of hydrogen-bond donors (Lipinski definition) is 0. The first-order chi connectivity index (χ1) is 12.1. The van der Waals surface area contributed by atoms with Crippen LogP contribution in [0.15, 0.2) is 35.1 Å². The molecule has 2 aromatic rings. The SMILES string of the molecule is Cn1nc2c(cc1=O)CN(C(=O)c1ccccc1OCC1CC1)CC2. The molecule has 1 fully saturated rings. The van der Waals surface area contributed by atoms with Crippen molar-refractivity contribution in [2.45, 2.75) is 25.8 Å². The van der Waals surface area contributed by atoms with Gasteiger partial charge in [0.1, 0.15) is 5.75 Å². The van der Waals surface area contributed by atoms with Crippen molar-refractivity contribution in [2.75, 3.05) is 13.2 Å². The zero-order valence-corrected chi connectivity index (χ0v) is 14.3. The number of nitrogens with zero attached hydrogens (tertiary/aromatic N) is 3. The molecule has 4 rings (SSSR count). The lowest BCUT2D eigenvalue weighted by molar-refractivity contribution is 0.0728. The molecule has 0 bridgehead atoms. The van der Waals surface area contributed by atoms with Gasteiger partial charge in [0.25, 0.3) is 11.5 Å². The number of benzene rings is 1. The molecular formula is C19H21N3O3. The number of carbonyl (C=O) groups excluding carboxylic acids is 1. The lowest BCUT2D eigenvalue weighted by Crippen LogP contribution is -2.38. The molecule has 2 heterocycles. The molecule has 2 aliphatic rings. The highest BCUT2D eigenvalue weighted by molar-refractivity contribution is 5.97. The fourth-order valence-corrected chi connectivity index (χ4v) is 3.10. The van der Waals surface area contributed by atoms with Gasteiger partial charge in [0.2, 0.25) is 0 Å². The van der Waals surface area contributed by atoms with Crippen molar-refractivity contribution in [1.82, 2.24) is 14.7 Å². The van der Waals surface area contributed by atoms with Crippen molar-refractivity contribution in [3.05, 3.63) is 57.5 Å². The van der Waals surface area contributed by atoms with Gasteiger partial charge >= 0.3 is 0 Å². The van der Waals surface area contributed by atoms with E-state index in [1.54, 1.807) is 18.0 Å². The van der Waals surface area contributed by atoms with Gasteiger partial charge in [0, 0.05) is 38.2 Å². The molecule has 1 aliphatic heterocycles. The van der Waals surface area contributed by atoms with Gasteiger partial charge in [-0.3, -0.25) is 9.59 Å². The maximum atomic E-state index is 13.0. The van der Waals surface area contributed by atoms with Crippen molar-refractivity contribution < 1.29 is 9.53 Å². The second kappa shape index (κ2) is 6.35. The average Bonchev–Trinajstić information content (AvgIpc) is 3.45. The van der Waals surface area contributed by atoms with E-state index in [2.05, 4.69) is 5.10 Å². The molecule has 6 nitrogen and oxygen atoms in total. The Morgan fingerprint density at radius 2 is 2.12 bits per heavy atom. The number of rotatable bonds is 4. The highest BCUT2D eigenvalue weighted by Gasteiger charge is 2.27. The summed E-state index contributed by atoms with van der Waals surface area (Å²) in [7, 11) is 1.65. The van der Waals surface area contributed by atoms with E-state index in [9.17, 15) is 9.59 Å². The Morgan fingerprint density at radius 3 is 2.92 bits per heavy atom. The smallest absolute Gasteiger partial charge is 0.266 e. The topological polar surface area (TPSA) is 64.4 Å². The second-order valence-electron chi connectivity index (χ2n) is 6.81. The largest absolute Gasteiger partial charge is 0.492 e. The highest BCUT2D eigenvalue weighted by atomic mass is 16.5. The Morgan fingerprint density at radius 1 is 1.32 bits per heavy atom. The Balaban J connectivity index is 1.55. The molecule has 0 unspecified atom stereocenters. The van der Waals surface area contributed by atoms with Gasteiger partial charge in [-0.2, -0.15) is 5.10 Å². The van der Waals surface area contributed by atoms with E-state index < -0.39 is 0 Å². The normalized spacial score (nSPS) is 16.4. The van der Waals surface area contributed by atoms with Crippen molar-refractivity contribution in [3.63, 3.8) is 0 Å². The van der Waals surface area contributed by atoms with E-state index in [-0.39, 0.29) is 11.5 Å². The fraction of sp³-hybridized carbons (Fsp3) is 0.421. The molecule has 0 spiro atoms. The van der Waals surface area contributed by atoms with Crippen molar-refractivity contribution in [2.24, 2.45) is 13.0 Å². The zero-order valence-electron chi connectivity index (χ0n) is 14.3. The molecule has 0 saturated heterocycles. The van der Waals surface area contributed by atoms with Crippen LogP contribution in [0, 0.1) is 5.92 Å². The second-order valence-corrected chi connectivity index (χ2v) is 6.81. The van der Waals surface area contributed by atoms with Crippen LogP contribution in [0.2, 0.25) is 0 Å². The van der Waals surface area contributed by atoms with Crippen LogP contribution in [0.25, 0.3) is 0 Å². The van der Waals surface area contributed by atoms with Gasteiger partial charge in [-0.25, -0.2) is 4.68 Å². The number of hydrogen-bond acceptors (Lipinski definition) is 4. The standard InChI is InChI=1S/C19H21N3O3/c1-21-18(23)10-14-11-22(9-8-16(14)20-21)19(24)15-4-2-3-5-17(15)25-12-13-6-7-13/h2-5,10,13H,6-9,11-12H2,1H3. The summed E-state index contributed by atoms with van der Waals surface area (Å²) in [5.41, 5.74) is 2.16. The summed E-state index contributed by atoms with van der Waals surface area (Å²) < 4.78 is 7.21. The lowest BCUT2D eigenvalue weighted by Gasteiger charge is -2.28. The maximum absolute atomic E-state index is 13.0. The quantitative estimate of drug-likeness (QED) is 0.852. The summed E-state index contributed by atoms with van der Waals surface area (Å²) >= 11 is 0. The van der Waals surface area contributed by atoms with Crippen molar-refractivity contribution in [3.8, 4) is 5.75 Å². The first kappa shape index (κ1) is 15.9. The highest BCUT2D eigenvalue weighted by Crippen LogP contribution is 2.31. The van der Waals surface area contributed by atoms with Gasteiger partial charge in [0.05, 0.1) is 17.9 Å². The van der Waals surface area contributed by atoms with Crippen LogP contribution in [0.3, 0.4) is 0 Å². The van der Waals surface area contributed by atoms with Gasteiger partial charge < -0.3 is 9.64 Å². The monoisotopic (exact) mass is 339 g/mol. The number of amides is 1. The van der Waals surface area contributed by atoms with Crippen LogP contribution >= 0.6 is 0 Å². The van der Waals surface area contributed by atoms with E-state index in [1.165, 1.54) is 17.5 Å². The first-order valence-corrected chi connectivity index (χ1v) is 8.69. The summed E-state index contributed by atoms with van der Waals surface area (Å²) in [6.45, 7) is 1.68. The fourth-order valence-electron chi connectivity index (χ4n) is 3.10. The van der Waals surface area contributed by atoms with Crippen LogP contribution in [-0.2, 0) is 20.0 Å². The van der Waals surface area contributed by atoms with E-state index in [4.69, 9.17) is 4.74 Å². The van der Waals surface area contributed by atoms with Crippen LogP contribution in [0.5, 0.6) is 5.75 Å². The zero-order chi connectivity index (χ0) is 17.4. The van der Waals surface area contributed by atoms with Gasteiger partial charge in [-0.05, 0) is 30.9 Å². The van der Waals surface area contributed by atoms with Gasteiger partial charge in [0.15, 0.2) is 0 Å². The predicted octanol–water partition coefficient (Wildman–Crippen LogP) is 1.77. The van der Waals surface area contributed by atoms with Crippen LogP contribution in [-0.4, -0.2) is 33.7 Å². The number of fused-ring (bicyclic) bond motifs is 1. The molecule has 1 aromatic carbocycles. The molecule has 1 aliphatic carbocycles. The Hall–Kier alpha value is -2.63. The molecule has 130 valence electrons. The molecule has 1 saturated carbocycles.